The van der Waals surface area contributed by atoms with Crippen LogP contribution in [0.3, 0.4) is 0 Å². The van der Waals surface area contributed by atoms with E-state index in [1.165, 1.54) is 5.56 Å². The molecule has 5 heteroatoms. The molecule has 0 atom stereocenters. The zero-order valence-corrected chi connectivity index (χ0v) is 12.4. The first-order chi connectivity index (χ1) is 8.09. The number of benzene rings is 1. The Bertz CT molecular complexity index is 485. The second-order valence-corrected chi connectivity index (χ2v) is 7.15. The highest BCUT2D eigenvalue weighted by molar-refractivity contribution is 7.90. The predicted octanol–water partition coefficient (Wildman–Crippen LogP) is 2.85. The quantitative estimate of drug-likeness (QED) is 0.884. The lowest BCUT2D eigenvalue weighted by molar-refractivity contribution is 0.494. The molecule has 102 valence electrons. The number of hydrogen-bond acceptors (Lipinski definition) is 2. The van der Waals surface area contributed by atoms with E-state index in [0.29, 0.717) is 11.6 Å². The summed E-state index contributed by atoms with van der Waals surface area (Å²) in [5.74, 6) is 0.434. The molecule has 0 saturated carbocycles. The van der Waals surface area contributed by atoms with Crippen LogP contribution in [0, 0.1) is 0 Å². The van der Waals surface area contributed by atoms with Crippen molar-refractivity contribution in [1.29, 1.82) is 0 Å². The lowest BCUT2D eigenvalue weighted by Crippen LogP contribution is -2.43. The smallest absolute Gasteiger partial charge is 0.271 e. The van der Waals surface area contributed by atoms with Gasteiger partial charge in [-0.05, 0) is 44.4 Å². The molecule has 0 bridgehead atoms. The van der Waals surface area contributed by atoms with Crippen LogP contribution in [-0.4, -0.2) is 14.0 Å². The highest BCUT2D eigenvalue weighted by Crippen LogP contribution is 2.18. The molecule has 0 fully saturated rings. The molecule has 2 N–H and O–H groups in total. The second-order valence-electron chi connectivity index (χ2n) is 5.73. The summed E-state index contributed by atoms with van der Waals surface area (Å²) in [5, 5.41) is 0. The zero-order chi connectivity index (χ0) is 14.0. The van der Waals surface area contributed by atoms with E-state index < -0.39 is 15.7 Å². The zero-order valence-electron chi connectivity index (χ0n) is 11.6. The maximum Gasteiger partial charge on any atom is 0.299 e. The fourth-order valence-corrected chi connectivity index (χ4v) is 2.82. The minimum Gasteiger partial charge on any atom is -0.271 e. The molecule has 0 unspecified atom stereocenters. The summed E-state index contributed by atoms with van der Waals surface area (Å²) in [6, 6.07) is 7.41. The maximum absolute atomic E-state index is 11.8. The van der Waals surface area contributed by atoms with Gasteiger partial charge in [0.15, 0.2) is 0 Å². The minimum absolute atomic E-state index is 0.434. The van der Waals surface area contributed by atoms with Crippen molar-refractivity contribution in [2.75, 3.05) is 4.72 Å². The molecule has 0 radical (unpaired) electrons. The molecule has 0 aliphatic carbocycles. The highest BCUT2D eigenvalue weighted by Gasteiger charge is 2.19. The third kappa shape index (κ3) is 5.06. The lowest BCUT2D eigenvalue weighted by Gasteiger charge is -2.21. The van der Waals surface area contributed by atoms with Gasteiger partial charge in [0.1, 0.15) is 0 Å². The fourth-order valence-electron chi connectivity index (χ4n) is 1.52. The minimum atomic E-state index is -3.53. The first-order valence-electron chi connectivity index (χ1n) is 6.01. The Morgan fingerprint density at radius 1 is 1.06 bits per heavy atom. The van der Waals surface area contributed by atoms with Crippen LogP contribution in [0.15, 0.2) is 24.3 Å². The average Bonchev–Trinajstić information content (AvgIpc) is 2.13. The molecule has 1 aromatic carbocycles. The molecule has 1 aromatic rings. The molecule has 0 amide bonds. The van der Waals surface area contributed by atoms with E-state index in [2.05, 4.69) is 23.3 Å². The average molecular weight is 270 g/mol. The van der Waals surface area contributed by atoms with Crippen molar-refractivity contribution >= 4 is 15.9 Å². The van der Waals surface area contributed by atoms with Crippen molar-refractivity contribution in [3.05, 3.63) is 29.8 Å². The van der Waals surface area contributed by atoms with Crippen LogP contribution >= 0.6 is 0 Å². The summed E-state index contributed by atoms with van der Waals surface area (Å²) in [6.45, 7) is 9.59. The van der Waals surface area contributed by atoms with Gasteiger partial charge in [-0.2, -0.15) is 13.1 Å². The van der Waals surface area contributed by atoms with Crippen molar-refractivity contribution in [3.8, 4) is 0 Å². The van der Waals surface area contributed by atoms with Gasteiger partial charge in [-0.15, -0.1) is 0 Å². The van der Waals surface area contributed by atoms with Gasteiger partial charge < -0.3 is 0 Å². The topological polar surface area (TPSA) is 58.2 Å². The molecule has 0 saturated heterocycles. The number of rotatable bonds is 4. The van der Waals surface area contributed by atoms with Crippen LogP contribution in [-0.2, 0) is 10.2 Å². The molecular formula is C13H22N2O2S. The highest BCUT2D eigenvalue weighted by atomic mass is 32.2. The lowest BCUT2D eigenvalue weighted by atomic mass is 10.0. The molecule has 18 heavy (non-hydrogen) atoms. The van der Waals surface area contributed by atoms with Crippen molar-refractivity contribution in [2.45, 2.75) is 46.1 Å². The van der Waals surface area contributed by atoms with Crippen molar-refractivity contribution in [2.24, 2.45) is 0 Å². The van der Waals surface area contributed by atoms with Crippen LogP contribution in [0.4, 0.5) is 5.69 Å². The Balaban J connectivity index is 2.79. The van der Waals surface area contributed by atoms with Crippen LogP contribution in [0.2, 0.25) is 0 Å². The number of anilines is 1. The summed E-state index contributed by atoms with van der Waals surface area (Å²) in [6.07, 6.45) is 0. The summed E-state index contributed by atoms with van der Waals surface area (Å²) in [7, 11) is -3.53. The Morgan fingerprint density at radius 3 is 1.94 bits per heavy atom. The van der Waals surface area contributed by atoms with Gasteiger partial charge in [0, 0.05) is 11.2 Å². The van der Waals surface area contributed by atoms with E-state index in [0.717, 1.165) is 0 Å². The van der Waals surface area contributed by atoms with Gasteiger partial charge >= 0.3 is 0 Å². The fraction of sp³-hybridized carbons (Fsp3) is 0.538. The van der Waals surface area contributed by atoms with Gasteiger partial charge in [0.2, 0.25) is 0 Å². The molecule has 1 rings (SSSR count). The van der Waals surface area contributed by atoms with E-state index in [-0.39, 0.29) is 0 Å². The number of hydrogen-bond donors (Lipinski definition) is 2. The number of nitrogens with one attached hydrogen (secondary N) is 2. The maximum atomic E-state index is 11.8. The Morgan fingerprint density at radius 2 is 1.56 bits per heavy atom. The van der Waals surface area contributed by atoms with E-state index in [1.54, 1.807) is 32.9 Å². The van der Waals surface area contributed by atoms with Crippen LogP contribution in [0.25, 0.3) is 0 Å². The molecule has 0 aliphatic heterocycles. The Labute approximate surface area is 110 Å². The SMILES string of the molecule is CC(C)c1ccc(NS(=O)(=O)NC(C)(C)C)cc1. The monoisotopic (exact) mass is 270 g/mol. The molecule has 4 nitrogen and oxygen atoms in total. The molecule has 0 spiro atoms. The Kier molecular flexibility index (Phi) is 4.40. The predicted molar refractivity (Wildman–Crippen MR) is 76.0 cm³/mol. The van der Waals surface area contributed by atoms with Gasteiger partial charge in [-0.3, -0.25) is 4.72 Å². The van der Waals surface area contributed by atoms with Crippen LogP contribution in [0.1, 0.15) is 46.1 Å². The second kappa shape index (κ2) is 5.28. The van der Waals surface area contributed by atoms with Crippen molar-refractivity contribution < 1.29 is 8.42 Å². The van der Waals surface area contributed by atoms with Crippen LogP contribution in [0.5, 0.6) is 0 Å². The summed E-state index contributed by atoms with van der Waals surface area (Å²) < 4.78 is 28.7. The Hall–Kier alpha value is -1.07. The summed E-state index contributed by atoms with van der Waals surface area (Å²) in [4.78, 5) is 0. The van der Waals surface area contributed by atoms with E-state index in [1.807, 2.05) is 12.1 Å². The molecular weight excluding hydrogens is 248 g/mol. The third-order valence-corrected chi connectivity index (χ3v) is 3.66. The van der Waals surface area contributed by atoms with E-state index in [9.17, 15) is 8.42 Å². The van der Waals surface area contributed by atoms with Gasteiger partial charge in [0.25, 0.3) is 10.2 Å². The largest absolute Gasteiger partial charge is 0.299 e. The standard InChI is InChI=1S/C13H22N2O2S/c1-10(2)11-6-8-12(9-7-11)14-18(16,17)15-13(3,4)5/h6-10,14-15H,1-5H3. The third-order valence-electron chi connectivity index (χ3n) is 2.27. The summed E-state index contributed by atoms with van der Waals surface area (Å²) in [5.41, 5.74) is 1.25. The first-order valence-corrected chi connectivity index (χ1v) is 7.49. The molecule has 0 heterocycles. The van der Waals surface area contributed by atoms with Gasteiger partial charge in [-0.1, -0.05) is 26.0 Å². The normalized spacial score (nSPS) is 12.8. The molecule has 0 aliphatic rings. The van der Waals surface area contributed by atoms with Crippen molar-refractivity contribution in [1.82, 2.24) is 4.72 Å². The van der Waals surface area contributed by atoms with E-state index in [4.69, 9.17) is 0 Å². The van der Waals surface area contributed by atoms with Gasteiger partial charge in [-0.25, -0.2) is 0 Å². The van der Waals surface area contributed by atoms with E-state index >= 15 is 0 Å². The first kappa shape index (κ1) is 15.0. The summed E-state index contributed by atoms with van der Waals surface area (Å²) >= 11 is 0. The van der Waals surface area contributed by atoms with Crippen LogP contribution < -0.4 is 9.44 Å². The van der Waals surface area contributed by atoms with Crippen molar-refractivity contribution in [3.63, 3.8) is 0 Å². The molecule has 0 aromatic heterocycles. The van der Waals surface area contributed by atoms with Gasteiger partial charge in [0.05, 0.1) is 0 Å².